The van der Waals surface area contributed by atoms with Gasteiger partial charge in [0.2, 0.25) is 0 Å². The lowest BCUT2D eigenvalue weighted by Gasteiger charge is -2.15. The molecular formula is C35H36N2O5. The van der Waals surface area contributed by atoms with Crippen molar-refractivity contribution in [3.63, 3.8) is 0 Å². The van der Waals surface area contributed by atoms with Crippen molar-refractivity contribution in [2.75, 3.05) is 13.7 Å². The molecule has 0 spiro atoms. The van der Waals surface area contributed by atoms with Crippen LogP contribution < -0.4 is 16.2 Å². The molecule has 0 radical (unpaired) electrons. The molecule has 5 rings (SSSR count). The molecule has 4 aromatic carbocycles. The predicted octanol–water partition coefficient (Wildman–Crippen LogP) is 6.31. The number of hydrogen-bond donors (Lipinski definition) is 2. The van der Waals surface area contributed by atoms with E-state index in [2.05, 4.69) is 18.2 Å². The lowest BCUT2D eigenvalue weighted by Crippen LogP contribution is -2.21. The van der Waals surface area contributed by atoms with Crippen LogP contribution in [0.2, 0.25) is 0 Å². The van der Waals surface area contributed by atoms with Gasteiger partial charge in [-0.05, 0) is 59.5 Å². The van der Waals surface area contributed by atoms with Crippen molar-refractivity contribution in [1.29, 1.82) is 0 Å². The zero-order valence-electron chi connectivity index (χ0n) is 23.9. The van der Waals surface area contributed by atoms with Crippen LogP contribution in [0.1, 0.15) is 41.0 Å². The summed E-state index contributed by atoms with van der Waals surface area (Å²) in [7, 11) is 1.58. The van der Waals surface area contributed by atoms with E-state index in [1.54, 1.807) is 14.0 Å². The van der Waals surface area contributed by atoms with Gasteiger partial charge in [-0.3, -0.25) is 4.79 Å². The summed E-state index contributed by atoms with van der Waals surface area (Å²) < 4.78 is 23.2. The molecule has 0 amide bonds. The van der Waals surface area contributed by atoms with E-state index < -0.39 is 6.04 Å². The molecule has 7 nitrogen and oxygen atoms in total. The van der Waals surface area contributed by atoms with Crippen LogP contribution in [0, 0.1) is 0 Å². The molecule has 0 saturated heterocycles. The first-order valence-corrected chi connectivity index (χ1v) is 14.0. The van der Waals surface area contributed by atoms with Gasteiger partial charge in [0.15, 0.2) is 0 Å². The number of hydrogen-bond acceptors (Lipinski definition) is 7. The van der Waals surface area contributed by atoms with Gasteiger partial charge < -0.3 is 30.1 Å². The predicted molar refractivity (Wildman–Crippen MR) is 164 cm³/mol. The highest BCUT2D eigenvalue weighted by molar-refractivity contribution is 5.94. The maximum Gasteiger partial charge on any atom is 0.310 e. The van der Waals surface area contributed by atoms with E-state index in [9.17, 15) is 4.79 Å². The zero-order valence-corrected chi connectivity index (χ0v) is 23.9. The fraction of sp³-hybridized carbons (Fsp3) is 0.229. The average Bonchev–Trinajstić information content (AvgIpc) is 3.44. The SMILES string of the molecule is COCC(C)OC(=O)Cc1ccccc1OCc1cc(-c2cccc(CN)c2)c2oc(C(N)c3ccccc3)cc2c1. The van der Waals surface area contributed by atoms with E-state index >= 15 is 0 Å². The Labute approximate surface area is 246 Å². The number of benzene rings is 4. The maximum atomic E-state index is 12.5. The summed E-state index contributed by atoms with van der Waals surface area (Å²) in [4.78, 5) is 12.5. The molecule has 216 valence electrons. The number of fused-ring (bicyclic) bond motifs is 1. The number of rotatable bonds is 12. The van der Waals surface area contributed by atoms with Gasteiger partial charge in [-0.25, -0.2) is 0 Å². The van der Waals surface area contributed by atoms with E-state index in [1.807, 2.05) is 78.9 Å². The van der Waals surface area contributed by atoms with Crippen LogP contribution >= 0.6 is 0 Å². The van der Waals surface area contributed by atoms with Gasteiger partial charge in [-0.15, -0.1) is 0 Å². The molecule has 0 aliphatic heterocycles. The molecule has 0 aliphatic rings. The second-order valence-electron chi connectivity index (χ2n) is 10.3. The minimum Gasteiger partial charge on any atom is -0.489 e. The van der Waals surface area contributed by atoms with Crippen LogP contribution in [0.5, 0.6) is 5.75 Å². The fourth-order valence-corrected chi connectivity index (χ4v) is 5.02. The first kappa shape index (κ1) is 29.1. The molecule has 42 heavy (non-hydrogen) atoms. The molecular weight excluding hydrogens is 528 g/mol. The van der Waals surface area contributed by atoms with Crippen molar-refractivity contribution < 1.29 is 23.4 Å². The Balaban J connectivity index is 1.45. The normalized spacial score (nSPS) is 12.7. The van der Waals surface area contributed by atoms with Crippen LogP contribution in [-0.2, 0) is 33.8 Å². The molecule has 1 heterocycles. The Bertz CT molecular complexity index is 1650. The second-order valence-corrected chi connectivity index (χ2v) is 10.3. The Morgan fingerprint density at radius 1 is 0.905 bits per heavy atom. The molecule has 7 heteroatoms. The number of methoxy groups -OCH3 is 1. The van der Waals surface area contributed by atoms with Crippen molar-refractivity contribution in [2.24, 2.45) is 11.5 Å². The van der Waals surface area contributed by atoms with Gasteiger partial charge in [-0.1, -0.05) is 66.7 Å². The Morgan fingerprint density at radius 2 is 1.69 bits per heavy atom. The van der Waals surface area contributed by atoms with Gasteiger partial charge in [0.1, 0.15) is 29.8 Å². The third kappa shape index (κ3) is 6.89. The second kappa shape index (κ2) is 13.5. The fourth-order valence-electron chi connectivity index (χ4n) is 5.02. The van der Waals surface area contributed by atoms with Crippen molar-refractivity contribution in [3.8, 4) is 16.9 Å². The van der Waals surface area contributed by atoms with Gasteiger partial charge in [0.25, 0.3) is 0 Å². The molecule has 0 aliphatic carbocycles. The van der Waals surface area contributed by atoms with Crippen molar-refractivity contribution in [2.45, 2.75) is 38.6 Å². The third-order valence-electron chi connectivity index (χ3n) is 7.07. The molecule has 5 aromatic rings. The van der Waals surface area contributed by atoms with Crippen LogP contribution in [0.15, 0.2) is 101 Å². The van der Waals surface area contributed by atoms with Gasteiger partial charge in [0.05, 0.1) is 19.1 Å². The van der Waals surface area contributed by atoms with E-state index in [0.29, 0.717) is 24.7 Å². The van der Waals surface area contributed by atoms with Crippen molar-refractivity contribution in [3.05, 3.63) is 125 Å². The highest BCUT2D eigenvalue weighted by Gasteiger charge is 2.19. The van der Waals surface area contributed by atoms with E-state index in [-0.39, 0.29) is 25.1 Å². The first-order valence-electron chi connectivity index (χ1n) is 14.0. The molecule has 2 unspecified atom stereocenters. The zero-order chi connectivity index (χ0) is 29.5. The third-order valence-corrected chi connectivity index (χ3v) is 7.07. The summed E-state index contributed by atoms with van der Waals surface area (Å²) in [6, 6.07) is 31.2. The summed E-state index contributed by atoms with van der Waals surface area (Å²) in [5.74, 6) is 0.969. The Hall–Kier alpha value is -4.43. The standard InChI is InChI=1S/C35H36N2O5/c1-23(21-39-2)41-33(38)19-28-12-6-7-14-31(28)40-22-25-16-29-18-32(34(37)26-10-4-3-5-11-26)42-35(29)30(17-25)27-13-8-9-24(15-27)20-36/h3-18,23,34H,19-22,36-37H2,1-2H3. The summed E-state index contributed by atoms with van der Waals surface area (Å²) in [5.41, 5.74) is 18.9. The summed E-state index contributed by atoms with van der Waals surface area (Å²) in [6.45, 7) is 2.87. The van der Waals surface area contributed by atoms with E-state index in [1.165, 1.54) is 0 Å². The van der Waals surface area contributed by atoms with Crippen LogP contribution in [0.25, 0.3) is 22.1 Å². The number of nitrogens with two attached hydrogens (primary N) is 2. The van der Waals surface area contributed by atoms with Crippen LogP contribution in [0.4, 0.5) is 0 Å². The Morgan fingerprint density at radius 3 is 2.48 bits per heavy atom. The monoisotopic (exact) mass is 564 g/mol. The van der Waals surface area contributed by atoms with Crippen molar-refractivity contribution in [1.82, 2.24) is 0 Å². The lowest BCUT2D eigenvalue weighted by molar-refractivity contribution is -0.149. The molecule has 0 fully saturated rings. The summed E-state index contributed by atoms with van der Waals surface area (Å²) in [5, 5.41) is 0.926. The Kier molecular flexibility index (Phi) is 9.34. The van der Waals surface area contributed by atoms with Crippen LogP contribution in [0.3, 0.4) is 0 Å². The van der Waals surface area contributed by atoms with Gasteiger partial charge in [0, 0.05) is 30.2 Å². The molecule has 1 aromatic heterocycles. The number of esters is 1. The summed E-state index contributed by atoms with van der Waals surface area (Å²) in [6.07, 6.45) is -0.226. The highest BCUT2D eigenvalue weighted by Crippen LogP contribution is 2.36. The molecule has 0 bridgehead atoms. The van der Waals surface area contributed by atoms with Crippen LogP contribution in [-0.4, -0.2) is 25.8 Å². The number of carbonyl (C=O) groups excluding carboxylic acids is 1. The minimum absolute atomic E-state index is 0.100. The average molecular weight is 565 g/mol. The van der Waals surface area contributed by atoms with Gasteiger partial charge in [-0.2, -0.15) is 0 Å². The highest BCUT2D eigenvalue weighted by atomic mass is 16.6. The maximum absolute atomic E-state index is 12.5. The lowest BCUT2D eigenvalue weighted by atomic mass is 9.98. The number of furan rings is 1. The smallest absolute Gasteiger partial charge is 0.310 e. The number of para-hydroxylation sites is 1. The molecule has 4 N–H and O–H groups in total. The number of ether oxygens (including phenoxy) is 3. The van der Waals surface area contributed by atoms with E-state index in [4.69, 9.17) is 30.1 Å². The first-order chi connectivity index (χ1) is 20.4. The summed E-state index contributed by atoms with van der Waals surface area (Å²) >= 11 is 0. The van der Waals surface area contributed by atoms with Gasteiger partial charge >= 0.3 is 5.97 Å². The minimum atomic E-state index is -0.403. The quantitative estimate of drug-likeness (QED) is 0.171. The van der Waals surface area contributed by atoms with Crippen molar-refractivity contribution >= 4 is 16.9 Å². The largest absolute Gasteiger partial charge is 0.489 e. The number of carbonyl (C=O) groups is 1. The molecule has 0 saturated carbocycles. The van der Waals surface area contributed by atoms with E-state index in [0.717, 1.165) is 44.3 Å². The molecule has 2 atom stereocenters. The topological polar surface area (TPSA) is 110 Å².